The molecule has 0 saturated heterocycles. The Hall–Kier alpha value is -1.65. The van der Waals surface area contributed by atoms with Crippen molar-refractivity contribution in [1.29, 1.82) is 0 Å². The lowest BCUT2D eigenvalue weighted by molar-refractivity contribution is 0.582. The Bertz CT molecular complexity index is 851. The molecule has 0 fully saturated rings. The van der Waals surface area contributed by atoms with Crippen molar-refractivity contribution in [3.05, 3.63) is 75.5 Å². The predicted molar refractivity (Wildman–Crippen MR) is 112 cm³/mol. The lowest BCUT2D eigenvalue weighted by atomic mass is 10.1. The molecule has 2 rings (SSSR count). The summed E-state index contributed by atoms with van der Waals surface area (Å²) in [6.45, 7) is 8.24. The van der Waals surface area contributed by atoms with Crippen molar-refractivity contribution < 1.29 is 8.42 Å². The largest absolute Gasteiger partial charge is 0.223 e. The maximum atomic E-state index is 13.2. The normalized spacial score (nSPS) is 13.5. The van der Waals surface area contributed by atoms with E-state index < -0.39 is 15.1 Å². The fraction of sp³-hybridized carbons (Fsp3) is 0.364. The first-order valence-electron chi connectivity index (χ1n) is 8.92. The highest BCUT2D eigenvalue weighted by Crippen LogP contribution is 2.34. The van der Waals surface area contributed by atoms with Gasteiger partial charge in [0, 0.05) is 0 Å². The van der Waals surface area contributed by atoms with Crippen molar-refractivity contribution in [2.75, 3.05) is 0 Å². The van der Waals surface area contributed by atoms with Crippen LogP contribution in [-0.4, -0.2) is 8.42 Å². The number of benzene rings is 1. The summed E-state index contributed by atoms with van der Waals surface area (Å²) in [5.74, 6) is 0. The van der Waals surface area contributed by atoms with Crippen LogP contribution >= 0.6 is 11.3 Å². The highest BCUT2D eigenvalue weighted by molar-refractivity contribution is 7.91. The molecular formula is C22H28O2S2. The zero-order valence-electron chi connectivity index (χ0n) is 16.0. The van der Waals surface area contributed by atoms with Gasteiger partial charge in [0.2, 0.25) is 0 Å². The van der Waals surface area contributed by atoms with E-state index in [9.17, 15) is 8.42 Å². The van der Waals surface area contributed by atoms with Crippen molar-refractivity contribution in [3.8, 4) is 0 Å². The smallest absolute Gasteiger partial charge is 0.185 e. The lowest BCUT2D eigenvalue weighted by Crippen LogP contribution is -2.13. The number of hydrogen-bond donors (Lipinski definition) is 0. The van der Waals surface area contributed by atoms with Crippen molar-refractivity contribution in [3.63, 3.8) is 0 Å². The Balaban J connectivity index is 2.24. The van der Waals surface area contributed by atoms with Crippen LogP contribution in [0.4, 0.5) is 0 Å². The summed E-state index contributed by atoms with van der Waals surface area (Å²) in [7, 11) is -3.42. The van der Waals surface area contributed by atoms with Gasteiger partial charge in [-0.1, -0.05) is 41.0 Å². The van der Waals surface area contributed by atoms with E-state index in [1.807, 2.05) is 35.9 Å². The van der Waals surface area contributed by atoms with Gasteiger partial charge in [-0.05, 0) is 81.5 Å². The number of hydrogen-bond acceptors (Lipinski definition) is 3. The molecule has 0 aliphatic carbocycles. The topological polar surface area (TPSA) is 34.1 Å². The molecule has 4 heteroatoms. The van der Waals surface area contributed by atoms with E-state index in [0.717, 1.165) is 24.0 Å². The monoisotopic (exact) mass is 388 g/mol. The van der Waals surface area contributed by atoms with Gasteiger partial charge in [-0.2, -0.15) is 11.3 Å². The number of aryl methyl sites for hydroxylation is 1. The molecule has 1 aromatic heterocycles. The van der Waals surface area contributed by atoms with Crippen molar-refractivity contribution >= 4 is 21.2 Å². The van der Waals surface area contributed by atoms with Crippen molar-refractivity contribution in [2.24, 2.45) is 0 Å². The Kier molecular flexibility index (Phi) is 7.42. The van der Waals surface area contributed by atoms with Gasteiger partial charge in [0.1, 0.15) is 0 Å². The molecule has 0 spiro atoms. The summed E-state index contributed by atoms with van der Waals surface area (Å²) in [4.78, 5) is 0.398. The fourth-order valence-corrected chi connectivity index (χ4v) is 5.29. The summed E-state index contributed by atoms with van der Waals surface area (Å²) in [6, 6.07) is 9.08. The third-order valence-electron chi connectivity index (χ3n) is 4.41. The summed E-state index contributed by atoms with van der Waals surface area (Å²) in [6.07, 6.45) is 6.78. The zero-order chi connectivity index (χ0) is 19.2. The maximum Gasteiger partial charge on any atom is 0.185 e. The maximum absolute atomic E-state index is 13.2. The summed E-state index contributed by atoms with van der Waals surface area (Å²) in [5.41, 5.74) is 4.49. The van der Waals surface area contributed by atoms with E-state index in [4.69, 9.17) is 0 Å². The second-order valence-corrected chi connectivity index (χ2v) is 9.92. The molecule has 140 valence electrons. The third kappa shape index (κ3) is 5.68. The van der Waals surface area contributed by atoms with E-state index in [1.54, 1.807) is 23.5 Å². The van der Waals surface area contributed by atoms with E-state index in [-0.39, 0.29) is 0 Å². The molecule has 0 radical (unpaired) electrons. The minimum atomic E-state index is -3.42. The van der Waals surface area contributed by atoms with E-state index in [1.165, 1.54) is 11.1 Å². The molecule has 26 heavy (non-hydrogen) atoms. The second kappa shape index (κ2) is 9.33. The van der Waals surface area contributed by atoms with Crippen LogP contribution in [0.5, 0.6) is 0 Å². The fourth-order valence-electron chi connectivity index (χ4n) is 2.79. The Morgan fingerprint density at radius 2 is 1.77 bits per heavy atom. The zero-order valence-corrected chi connectivity index (χ0v) is 17.7. The number of thiophene rings is 1. The standard InChI is InChI=1S/C22H28O2S2/c1-17(2)6-5-7-18(3)10-13-22(20-14-15-25-16-20)26(23,24)21-11-8-19(4)9-12-21/h6,8-12,14-16,22H,5,7,13H2,1-4H3/b18-10-. The number of sulfone groups is 1. The molecule has 0 bridgehead atoms. The Labute approximate surface area is 162 Å². The molecule has 0 amide bonds. The van der Waals surface area contributed by atoms with Gasteiger partial charge in [0.15, 0.2) is 9.84 Å². The molecule has 0 saturated carbocycles. The molecule has 1 unspecified atom stereocenters. The van der Waals surface area contributed by atoms with Gasteiger partial charge in [0.05, 0.1) is 10.1 Å². The van der Waals surface area contributed by atoms with Crippen LogP contribution in [0.25, 0.3) is 0 Å². The lowest BCUT2D eigenvalue weighted by Gasteiger charge is -2.16. The van der Waals surface area contributed by atoms with Gasteiger partial charge in [-0.15, -0.1) is 0 Å². The van der Waals surface area contributed by atoms with Gasteiger partial charge >= 0.3 is 0 Å². The van der Waals surface area contributed by atoms with Crippen molar-refractivity contribution in [1.82, 2.24) is 0 Å². The van der Waals surface area contributed by atoms with Gasteiger partial charge < -0.3 is 0 Å². The quantitative estimate of drug-likeness (QED) is 0.474. The molecule has 1 aromatic carbocycles. The molecule has 0 N–H and O–H groups in total. The van der Waals surface area contributed by atoms with Crippen LogP contribution in [0.2, 0.25) is 0 Å². The van der Waals surface area contributed by atoms with Crippen LogP contribution in [0.15, 0.2) is 69.3 Å². The van der Waals surface area contributed by atoms with Crippen LogP contribution < -0.4 is 0 Å². The SMILES string of the molecule is CC(C)=CCC/C(C)=C\CC(c1ccsc1)S(=O)(=O)c1ccc(C)cc1. The minimum absolute atomic E-state index is 0.398. The number of rotatable bonds is 8. The molecule has 1 heterocycles. The van der Waals surface area contributed by atoms with Gasteiger partial charge in [-0.3, -0.25) is 0 Å². The van der Waals surface area contributed by atoms with Gasteiger partial charge in [-0.25, -0.2) is 8.42 Å². The molecule has 0 aliphatic rings. The summed E-state index contributed by atoms with van der Waals surface area (Å²) < 4.78 is 26.4. The first-order valence-corrected chi connectivity index (χ1v) is 11.4. The Morgan fingerprint density at radius 3 is 2.35 bits per heavy atom. The van der Waals surface area contributed by atoms with Crippen molar-refractivity contribution in [2.45, 2.75) is 57.1 Å². The summed E-state index contributed by atoms with van der Waals surface area (Å²) in [5, 5.41) is 3.36. The van der Waals surface area contributed by atoms with Crippen LogP contribution in [0, 0.1) is 6.92 Å². The first-order chi connectivity index (χ1) is 12.3. The molecule has 0 aliphatic heterocycles. The van der Waals surface area contributed by atoms with Crippen LogP contribution in [-0.2, 0) is 9.84 Å². The molecule has 2 aromatic rings. The number of allylic oxidation sites excluding steroid dienone is 4. The average molecular weight is 389 g/mol. The molecular weight excluding hydrogens is 360 g/mol. The highest BCUT2D eigenvalue weighted by atomic mass is 32.2. The third-order valence-corrected chi connectivity index (χ3v) is 7.26. The minimum Gasteiger partial charge on any atom is -0.223 e. The highest BCUT2D eigenvalue weighted by Gasteiger charge is 2.28. The van der Waals surface area contributed by atoms with Gasteiger partial charge in [0.25, 0.3) is 0 Å². The van der Waals surface area contributed by atoms with E-state index in [0.29, 0.717) is 11.3 Å². The van der Waals surface area contributed by atoms with Crippen LogP contribution in [0.1, 0.15) is 56.4 Å². The second-order valence-electron chi connectivity index (χ2n) is 7.01. The van der Waals surface area contributed by atoms with E-state index in [2.05, 4.69) is 32.9 Å². The first kappa shape index (κ1) is 20.7. The Morgan fingerprint density at radius 1 is 1.08 bits per heavy atom. The average Bonchev–Trinajstić information content (AvgIpc) is 3.09. The molecule has 1 atom stereocenters. The van der Waals surface area contributed by atoms with Crippen LogP contribution in [0.3, 0.4) is 0 Å². The predicted octanol–water partition coefficient (Wildman–Crippen LogP) is 6.65. The summed E-state index contributed by atoms with van der Waals surface area (Å²) >= 11 is 1.54. The van der Waals surface area contributed by atoms with E-state index >= 15 is 0 Å². The molecule has 2 nitrogen and oxygen atoms in total.